The Morgan fingerprint density at radius 2 is 1.90 bits per heavy atom. The van der Waals surface area contributed by atoms with Gasteiger partial charge in [-0.2, -0.15) is 0 Å². The molecular weight excluding hydrogens is 388 g/mol. The highest BCUT2D eigenvalue weighted by molar-refractivity contribution is 7.99. The average Bonchev–Trinajstić information content (AvgIpc) is 3.17. The number of rotatable bonds is 7. The number of aromatic nitrogens is 3. The van der Waals surface area contributed by atoms with Crippen LogP contribution in [0, 0.1) is 0 Å². The van der Waals surface area contributed by atoms with E-state index in [0.29, 0.717) is 29.6 Å². The molecule has 4 rings (SSSR count). The Labute approximate surface area is 170 Å². The second-order valence-corrected chi connectivity index (χ2v) is 7.18. The third-order valence-corrected chi connectivity index (χ3v) is 5.05. The number of thioether (sulfide) groups is 1. The van der Waals surface area contributed by atoms with Crippen molar-refractivity contribution in [3.8, 4) is 11.3 Å². The summed E-state index contributed by atoms with van der Waals surface area (Å²) in [7, 11) is 0. The number of amides is 1. The summed E-state index contributed by atoms with van der Waals surface area (Å²) in [5, 5.41) is 3.25. The number of carbonyl (C=O) groups excluding carboxylic acids is 1. The number of hydrogen-bond donors (Lipinski definition) is 1. The van der Waals surface area contributed by atoms with Crippen LogP contribution in [0.4, 0.5) is 0 Å². The van der Waals surface area contributed by atoms with E-state index in [0.717, 1.165) is 11.1 Å². The van der Waals surface area contributed by atoms with Gasteiger partial charge in [0.05, 0.1) is 17.8 Å². The minimum atomic E-state index is -0.158. The Balaban J connectivity index is 1.27. The van der Waals surface area contributed by atoms with Gasteiger partial charge in [0.15, 0.2) is 5.58 Å². The van der Waals surface area contributed by atoms with E-state index in [1.165, 1.54) is 28.7 Å². The number of oxazole rings is 1. The number of nitrogens with zero attached hydrogens (tertiary/aromatic N) is 3. The number of carbonyl (C=O) groups is 1. The summed E-state index contributed by atoms with van der Waals surface area (Å²) >= 11 is 1.23. The molecule has 0 saturated heterocycles. The predicted octanol–water partition coefficient (Wildman–Crippen LogP) is 2.96. The summed E-state index contributed by atoms with van der Waals surface area (Å²) in [6.07, 6.45) is 1.50. The van der Waals surface area contributed by atoms with Gasteiger partial charge in [0, 0.05) is 24.7 Å². The standard InChI is InChI=1S/C21H18N4O3S/c26-19(13-29-21-24-16-8-4-5-9-18(16)28-21)22-10-11-25-14-23-17(12-20(25)27)15-6-2-1-3-7-15/h1-9,12,14H,10-11,13H2,(H,22,26). The lowest BCUT2D eigenvalue weighted by atomic mass is 10.1. The Kier molecular flexibility index (Phi) is 5.71. The van der Waals surface area contributed by atoms with Crippen LogP contribution in [0.5, 0.6) is 0 Å². The zero-order valence-electron chi connectivity index (χ0n) is 15.4. The summed E-state index contributed by atoms with van der Waals surface area (Å²) in [4.78, 5) is 33.0. The van der Waals surface area contributed by atoms with Crippen molar-refractivity contribution < 1.29 is 9.21 Å². The SMILES string of the molecule is O=C(CSc1nc2ccccc2o1)NCCn1cnc(-c2ccccc2)cc1=O. The fourth-order valence-electron chi connectivity index (χ4n) is 2.77. The Morgan fingerprint density at radius 3 is 2.69 bits per heavy atom. The first-order chi connectivity index (χ1) is 14.2. The van der Waals surface area contributed by atoms with E-state index < -0.39 is 0 Å². The van der Waals surface area contributed by atoms with Crippen molar-refractivity contribution in [3.63, 3.8) is 0 Å². The van der Waals surface area contributed by atoms with Gasteiger partial charge >= 0.3 is 0 Å². The van der Waals surface area contributed by atoms with E-state index in [2.05, 4.69) is 15.3 Å². The second kappa shape index (κ2) is 8.74. The van der Waals surface area contributed by atoms with Crippen LogP contribution in [0.2, 0.25) is 0 Å². The van der Waals surface area contributed by atoms with Crippen molar-refractivity contribution in [3.05, 3.63) is 77.3 Å². The van der Waals surface area contributed by atoms with Crippen LogP contribution in [-0.4, -0.2) is 32.7 Å². The minimum Gasteiger partial charge on any atom is -0.431 e. The topological polar surface area (TPSA) is 90.0 Å². The molecule has 1 amide bonds. The summed E-state index contributed by atoms with van der Waals surface area (Å²) < 4.78 is 7.05. The molecule has 0 bridgehead atoms. The summed E-state index contributed by atoms with van der Waals surface area (Å²) in [6, 6.07) is 18.5. The van der Waals surface area contributed by atoms with Crippen molar-refractivity contribution in [2.24, 2.45) is 0 Å². The first kappa shape index (κ1) is 18.9. The van der Waals surface area contributed by atoms with Crippen LogP contribution in [0.3, 0.4) is 0 Å². The molecule has 29 heavy (non-hydrogen) atoms. The fraction of sp³-hybridized carbons (Fsp3) is 0.143. The van der Waals surface area contributed by atoms with Crippen LogP contribution in [0.1, 0.15) is 0 Å². The van der Waals surface area contributed by atoms with Gasteiger partial charge in [0.2, 0.25) is 5.91 Å². The normalized spacial score (nSPS) is 10.9. The van der Waals surface area contributed by atoms with Crippen LogP contribution >= 0.6 is 11.8 Å². The summed E-state index contributed by atoms with van der Waals surface area (Å²) in [6.45, 7) is 0.680. The highest BCUT2D eigenvalue weighted by Crippen LogP contribution is 2.22. The number of benzene rings is 2. The Hall–Kier alpha value is -3.39. The van der Waals surface area contributed by atoms with Crippen molar-refractivity contribution in [1.82, 2.24) is 19.9 Å². The minimum absolute atomic E-state index is 0.154. The maximum atomic E-state index is 12.3. The van der Waals surface area contributed by atoms with Crippen molar-refractivity contribution in [2.75, 3.05) is 12.3 Å². The Morgan fingerprint density at radius 1 is 1.10 bits per heavy atom. The van der Waals surface area contributed by atoms with Crippen LogP contribution in [0.25, 0.3) is 22.4 Å². The lowest BCUT2D eigenvalue weighted by molar-refractivity contribution is -0.118. The number of hydrogen-bond acceptors (Lipinski definition) is 6. The van der Waals surface area contributed by atoms with Gasteiger partial charge in [-0.1, -0.05) is 54.2 Å². The quantitative estimate of drug-likeness (QED) is 0.475. The fourth-order valence-corrected chi connectivity index (χ4v) is 3.44. The zero-order chi connectivity index (χ0) is 20.1. The molecule has 0 fully saturated rings. The van der Waals surface area contributed by atoms with E-state index in [1.807, 2.05) is 54.6 Å². The summed E-state index contributed by atoms with van der Waals surface area (Å²) in [5.41, 5.74) is 2.82. The molecule has 0 aliphatic rings. The highest BCUT2D eigenvalue weighted by Gasteiger charge is 2.09. The molecule has 0 unspecified atom stereocenters. The van der Waals surface area contributed by atoms with Gasteiger partial charge in [-0.15, -0.1) is 0 Å². The van der Waals surface area contributed by atoms with Gasteiger partial charge in [0.1, 0.15) is 5.52 Å². The maximum absolute atomic E-state index is 12.3. The molecular formula is C21H18N4O3S. The third-order valence-electron chi connectivity index (χ3n) is 4.22. The Bertz CT molecular complexity index is 1150. The maximum Gasteiger partial charge on any atom is 0.257 e. The molecule has 0 radical (unpaired) electrons. The molecule has 0 atom stereocenters. The molecule has 1 N–H and O–H groups in total. The molecule has 0 saturated carbocycles. The first-order valence-electron chi connectivity index (χ1n) is 9.06. The van der Waals surface area contributed by atoms with E-state index in [9.17, 15) is 9.59 Å². The predicted molar refractivity (Wildman–Crippen MR) is 112 cm³/mol. The number of nitrogens with one attached hydrogen (secondary N) is 1. The van der Waals surface area contributed by atoms with Gasteiger partial charge in [-0.25, -0.2) is 9.97 Å². The lowest BCUT2D eigenvalue weighted by Crippen LogP contribution is -2.31. The first-order valence-corrected chi connectivity index (χ1v) is 10.0. The van der Waals surface area contributed by atoms with Gasteiger partial charge < -0.3 is 9.73 Å². The molecule has 146 valence electrons. The smallest absolute Gasteiger partial charge is 0.257 e. The molecule has 7 nitrogen and oxygen atoms in total. The lowest BCUT2D eigenvalue weighted by Gasteiger charge is -2.08. The number of para-hydroxylation sites is 2. The van der Waals surface area contributed by atoms with Crippen molar-refractivity contribution in [1.29, 1.82) is 0 Å². The van der Waals surface area contributed by atoms with Gasteiger partial charge in [-0.3, -0.25) is 14.2 Å². The molecule has 2 heterocycles. The van der Waals surface area contributed by atoms with Crippen molar-refractivity contribution >= 4 is 28.8 Å². The zero-order valence-corrected chi connectivity index (χ0v) is 16.3. The van der Waals surface area contributed by atoms with E-state index in [4.69, 9.17) is 4.42 Å². The molecule has 4 aromatic rings. The van der Waals surface area contributed by atoms with Crippen LogP contribution in [-0.2, 0) is 11.3 Å². The van der Waals surface area contributed by atoms with E-state index in [-0.39, 0.29) is 17.2 Å². The van der Waals surface area contributed by atoms with Gasteiger partial charge in [0.25, 0.3) is 10.8 Å². The van der Waals surface area contributed by atoms with E-state index >= 15 is 0 Å². The molecule has 0 aliphatic heterocycles. The second-order valence-electron chi connectivity index (χ2n) is 6.26. The van der Waals surface area contributed by atoms with Crippen molar-refractivity contribution in [2.45, 2.75) is 11.8 Å². The molecule has 8 heteroatoms. The molecule has 2 aromatic heterocycles. The van der Waals surface area contributed by atoms with Gasteiger partial charge in [-0.05, 0) is 12.1 Å². The summed E-state index contributed by atoms with van der Waals surface area (Å²) in [5.74, 6) is 0.0339. The average molecular weight is 406 g/mol. The molecule has 2 aromatic carbocycles. The van der Waals surface area contributed by atoms with E-state index in [1.54, 1.807) is 0 Å². The van der Waals surface area contributed by atoms with Crippen LogP contribution < -0.4 is 10.9 Å². The van der Waals surface area contributed by atoms with Crippen LogP contribution in [0.15, 0.2) is 81.4 Å². The number of fused-ring (bicyclic) bond motifs is 1. The third kappa shape index (κ3) is 4.72. The molecule has 0 spiro atoms. The molecule has 0 aliphatic carbocycles. The monoisotopic (exact) mass is 406 g/mol. The highest BCUT2D eigenvalue weighted by atomic mass is 32.2. The largest absolute Gasteiger partial charge is 0.431 e.